The maximum absolute atomic E-state index is 5.39. The lowest BCUT2D eigenvalue weighted by Crippen LogP contribution is -2.48. The molecule has 2 fully saturated rings. The highest BCUT2D eigenvalue weighted by Gasteiger charge is 2.27. The van der Waals surface area contributed by atoms with Gasteiger partial charge in [0, 0.05) is 31.7 Å². The number of nitrogens with zero attached hydrogens (tertiary/aromatic N) is 1. The molecule has 0 spiro atoms. The van der Waals surface area contributed by atoms with Gasteiger partial charge in [-0.2, -0.15) is 0 Å². The van der Waals surface area contributed by atoms with Crippen LogP contribution in [0.3, 0.4) is 0 Å². The summed E-state index contributed by atoms with van der Waals surface area (Å²) in [6.07, 6.45) is 5.44. The first-order valence-electron chi connectivity index (χ1n) is 7.61. The van der Waals surface area contributed by atoms with Gasteiger partial charge >= 0.3 is 0 Å². The Bertz CT molecular complexity index is 239. The molecule has 0 aromatic heterocycles. The monoisotopic (exact) mass is 254 g/mol. The van der Waals surface area contributed by atoms with Gasteiger partial charge in [-0.25, -0.2) is 0 Å². The number of hydrogen-bond donors (Lipinski definition) is 1. The second kappa shape index (κ2) is 6.36. The van der Waals surface area contributed by atoms with Crippen LogP contribution in [0.25, 0.3) is 0 Å². The number of rotatable bonds is 4. The number of morpholine rings is 1. The normalized spacial score (nSPS) is 28.2. The highest BCUT2D eigenvalue weighted by Crippen LogP contribution is 2.35. The summed E-state index contributed by atoms with van der Waals surface area (Å²) >= 11 is 0. The van der Waals surface area contributed by atoms with Gasteiger partial charge in [0.2, 0.25) is 0 Å². The van der Waals surface area contributed by atoms with Gasteiger partial charge in [0.15, 0.2) is 0 Å². The number of nitrogens with one attached hydrogen (secondary N) is 1. The maximum atomic E-state index is 5.39. The minimum atomic E-state index is 0.575. The first-order chi connectivity index (χ1) is 8.55. The molecule has 0 bridgehead atoms. The zero-order chi connectivity index (χ0) is 13.0. The molecule has 3 heteroatoms. The quantitative estimate of drug-likeness (QED) is 0.833. The molecule has 0 aromatic rings. The minimum absolute atomic E-state index is 0.575. The van der Waals surface area contributed by atoms with Gasteiger partial charge in [-0.3, -0.25) is 4.90 Å². The fourth-order valence-electron chi connectivity index (χ4n) is 3.19. The Morgan fingerprint density at radius 3 is 2.44 bits per heavy atom. The van der Waals surface area contributed by atoms with Crippen molar-refractivity contribution in [1.82, 2.24) is 10.2 Å². The molecule has 1 N–H and O–H groups in total. The zero-order valence-electron chi connectivity index (χ0n) is 12.4. The van der Waals surface area contributed by atoms with Crippen LogP contribution in [-0.4, -0.2) is 49.8 Å². The molecule has 0 aromatic carbocycles. The third-order valence-electron chi connectivity index (χ3n) is 4.50. The van der Waals surface area contributed by atoms with Crippen molar-refractivity contribution in [3.8, 4) is 0 Å². The SMILES string of the molecule is CC(CN1CCOCC1)NC1CCC(C)(C)CC1. The van der Waals surface area contributed by atoms with E-state index in [9.17, 15) is 0 Å². The number of hydrogen-bond acceptors (Lipinski definition) is 3. The van der Waals surface area contributed by atoms with Gasteiger partial charge in [0.05, 0.1) is 13.2 Å². The fourth-order valence-corrected chi connectivity index (χ4v) is 3.19. The summed E-state index contributed by atoms with van der Waals surface area (Å²) < 4.78 is 5.39. The van der Waals surface area contributed by atoms with Gasteiger partial charge in [-0.1, -0.05) is 13.8 Å². The van der Waals surface area contributed by atoms with E-state index in [1.807, 2.05) is 0 Å². The Morgan fingerprint density at radius 1 is 1.22 bits per heavy atom. The van der Waals surface area contributed by atoms with Gasteiger partial charge in [-0.15, -0.1) is 0 Å². The van der Waals surface area contributed by atoms with Crippen molar-refractivity contribution >= 4 is 0 Å². The van der Waals surface area contributed by atoms with Crippen molar-refractivity contribution in [2.75, 3.05) is 32.8 Å². The van der Waals surface area contributed by atoms with Crippen LogP contribution in [0.15, 0.2) is 0 Å². The summed E-state index contributed by atoms with van der Waals surface area (Å²) in [7, 11) is 0. The first kappa shape index (κ1) is 14.3. The van der Waals surface area contributed by atoms with E-state index in [0.29, 0.717) is 11.5 Å². The molecule has 0 radical (unpaired) electrons. The molecule has 1 atom stereocenters. The Kier molecular flexibility index (Phi) is 5.05. The molecule has 3 nitrogen and oxygen atoms in total. The maximum Gasteiger partial charge on any atom is 0.0594 e. The van der Waals surface area contributed by atoms with Crippen LogP contribution in [-0.2, 0) is 4.74 Å². The van der Waals surface area contributed by atoms with Crippen molar-refractivity contribution in [3.63, 3.8) is 0 Å². The van der Waals surface area contributed by atoms with Crippen molar-refractivity contribution in [2.45, 2.75) is 58.5 Å². The lowest BCUT2D eigenvalue weighted by molar-refractivity contribution is 0.0332. The smallest absolute Gasteiger partial charge is 0.0594 e. The zero-order valence-corrected chi connectivity index (χ0v) is 12.4. The van der Waals surface area contributed by atoms with Crippen LogP contribution < -0.4 is 5.32 Å². The molecule has 2 rings (SSSR count). The molecule has 1 saturated heterocycles. The summed E-state index contributed by atoms with van der Waals surface area (Å²) in [5.41, 5.74) is 0.575. The first-order valence-corrected chi connectivity index (χ1v) is 7.61. The van der Waals surface area contributed by atoms with Gasteiger partial charge in [-0.05, 0) is 38.0 Å². The Labute approximate surface area is 112 Å². The highest BCUT2D eigenvalue weighted by molar-refractivity contribution is 4.84. The van der Waals surface area contributed by atoms with Crippen molar-refractivity contribution in [2.24, 2.45) is 5.41 Å². The van der Waals surface area contributed by atoms with Crippen molar-refractivity contribution < 1.29 is 4.74 Å². The Hall–Kier alpha value is -0.120. The van der Waals surface area contributed by atoms with E-state index in [1.54, 1.807) is 0 Å². The molecule has 1 unspecified atom stereocenters. The molecule has 1 saturated carbocycles. The summed E-state index contributed by atoms with van der Waals surface area (Å²) in [5, 5.41) is 3.82. The van der Waals surface area contributed by atoms with E-state index in [-0.39, 0.29) is 0 Å². The van der Waals surface area contributed by atoms with E-state index >= 15 is 0 Å². The van der Waals surface area contributed by atoms with E-state index in [0.717, 1.165) is 32.3 Å². The van der Waals surface area contributed by atoms with Gasteiger partial charge < -0.3 is 10.1 Å². The van der Waals surface area contributed by atoms with E-state index in [2.05, 4.69) is 31.0 Å². The van der Waals surface area contributed by atoms with Crippen LogP contribution in [0.1, 0.15) is 46.5 Å². The molecule has 1 aliphatic carbocycles. The lowest BCUT2D eigenvalue weighted by atomic mass is 9.75. The largest absolute Gasteiger partial charge is 0.379 e. The second-order valence-corrected chi connectivity index (χ2v) is 6.92. The average Bonchev–Trinajstić information content (AvgIpc) is 2.33. The highest BCUT2D eigenvalue weighted by atomic mass is 16.5. The minimum Gasteiger partial charge on any atom is -0.379 e. The van der Waals surface area contributed by atoms with Crippen molar-refractivity contribution in [3.05, 3.63) is 0 Å². The molecule has 2 aliphatic rings. The molecule has 18 heavy (non-hydrogen) atoms. The van der Waals surface area contributed by atoms with Crippen LogP contribution >= 0.6 is 0 Å². The van der Waals surface area contributed by atoms with Gasteiger partial charge in [0.25, 0.3) is 0 Å². The molecular formula is C15H30N2O. The predicted octanol–water partition coefficient (Wildman–Crippen LogP) is 2.27. The lowest BCUT2D eigenvalue weighted by Gasteiger charge is -2.37. The van der Waals surface area contributed by atoms with Crippen LogP contribution in [0.5, 0.6) is 0 Å². The Morgan fingerprint density at radius 2 is 1.83 bits per heavy atom. The van der Waals surface area contributed by atoms with Crippen LogP contribution in [0.2, 0.25) is 0 Å². The summed E-state index contributed by atoms with van der Waals surface area (Å²) in [6.45, 7) is 12.3. The van der Waals surface area contributed by atoms with E-state index in [4.69, 9.17) is 4.74 Å². The third kappa shape index (κ3) is 4.52. The summed E-state index contributed by atoms with van der Waals surface area (Å²) in [5.74, 6) is 0. The molecule has 1 heterocycles. The topological polar surface area (TPSA) is 24.5 Å². The summed E-state index contributed by atoms with van der Waals surface area (Å²) in [6, 6.07) is 1.35. The van der Waals surface area contributed by atoms with Crippen LogP contribution in [0, 0.1) is 5.41 Å². The summed E-state index contributed by atoms with van der Waals surface area (Å²) in [4.78, 5) is 2.52. The molecular weight excluding hydrogens is 224 g/mol. The van der Waals surface area contributed by atoms with E-state index in [1.165, 1.54) is 32.2 Å². The molecule has 1 aliphatic heterocycles. The van der Waals surface area contributed by atoms with Crippen LogP contribution in [0.4, 0.5) is 0 Å². The van der Waals surface area contributed by atoms with Gasteiger partial charge in [0.1, 0.15) is 0 Å². The number of ether oxygens (including phenoxy) is 1. The van der Waals surface area contributed by atoms with E-state index < -0.39 is 0 Å². The Balaban J connectivity index is 1.66. The van der Waals surface area contributed by atoms with Crippen molar-refractivity contribution in [1.29, 1.82) is 0 Å². The average molecular weight is 254 g/mol. The second-order valence-electron chi connectivity index (χ2n) is 6.92. The molecule has 106 valence electrons. The standard InChI is InChI=1S/C15H30N2O/c1-13(12-17-8-10-18-11-9-17)16-14-4-6-15(2,3)7-5-14/h13-14,16H,4-12H2,1-3H3. The molecule has 0 amide bonds. The fraction of sp³-hybridized carbons (Fsp3) is 1.00. The third-order valence-corrected chi connectivity index (χ3v) is 4.50. The predicted molar refractivity (Wildman–Crippen MR) is 75.9 cm³/mol.